The molecule has 2 N–H and O–H groups in total. The Morgan fingerprint density at radius 3 is 2.41 bits per heavy atom. The first-order chi connectivity index (χ1) is 10.3. The molecular weight excluding hydrogens is 282 g/mol. The average Bonchev–Trinajstić information content (AvgIpc) is 2.40. The maximum atomic E-state index is 11.5. The van der Waals surface area contributed by atoms with E-state index in [9.17, 15) is 9.90 Å². The van der Waals surface area contributed by atoms with Crippen molar-refractivity contribution < 1.29 is 19.4 Å². The fourth-order valence-electron chi connectivity index (χ4n) is 2.52. The summed E-state index contributed by atoms with van der Waals surface area (Å²) in [5.41, 5.74) is -1.03. The molecule has 0 radical (unpaired) electrons. The van der Waals surface area contributed by atoms with E-state index in [4.69, 9.17) is 9.47 Å². The zero-order valence-corrected chi connectivity index (χ0v) is 14.5. The number of hydrogen-bond acceptors (Lipinski definition) is 5. The van der Waals surface area contributed by atoms with Gasteiger partial charge in [0.1, 0.15) is 5.60 Å². The van der Waals surface area contributed by atoms with E-state index in [0.29, 0.717) is 19.6 Å². The molecule has 1 rings (SSSR count). The number of carbonyl (C=O) groups is 1. The topological polar surface area (TPSA) is 67.8 Å². The fourth-order valence-corrected chi connectivity index (χ4v) is 2.52. The van der Waals surface area contributed by atoms with Gasteiger partial charge >= 0.3 is 5.97 Å². The van der Waals surface area contributed by atoms with Gasteiger partial charge in [-0.3, -0.25) is 4.79 Å². The summed E-state index contributed by atoms with van der Waals surface area (Å²) in [4.78, 5) is 11.5. The Balaban J connectivity index is 1.92. The normalized spacial score (nSPS) is 18.2. The third kappa shape index (κ3) is 9.38. The van der Waals surface area contributed by atoms with Crippen molar-refractivity contribution in [2.45, 2.75) is 76.9 Å². The van der Waals surface area contributed by atoms with Gasteiger partial charge in [-0.25, -0.2) is 0 Å². The molecule has 0 bridgehead atoms. The number of aliphatic hydroxyl groups is 1. The van der Waals surface area contributed by atoms with Crippen LogP contribution in [0.3, 0.4) is 0 Å². The molecule has 0 aliphatic carbocycles. The van der Waals surface area contributed by atoms with Crippen LogP contribution in [0.25, 0.3) is 0 Å². The van der Waals surface area contributed by atoms with Crippen LogP contribution in [0, 0.1) is 0 Å². The lowest BCUT2D eigenvalue weighted by molar-refractivity contribution is -0.154. The SMILES string of the molecule is CC(C)(C)OC(=O)CCCCCCOCC1(O)CCNCC1. The molecule has 1 aliphatic rings. The Hall–Kier alpha value is -0.650. The minimum Gasteiger partial charge on any atom is -0.460 e. The second-order valence-electron chi connectivity index (χ2n) is 7.28. The monoisotopic (exact) mass is 315 g/mol. The number of ether oxygens (including phenoxy) is 2. The molecule has 0 amide bonds. The third-order valence-electron chi connectivity index (χ3n) is 3.74. The first-order valence-electron chi connectivity index (χ1n) is 8.53. The molecule has 0 spiro atoms. The van der Waals surface area contributed by atoms with Crippen LogP contribution in [0.1, 0.15) is 65.7 Å². The minimum atomic E-state index is -0.637. The van der Waals surface area contributed by atoms with Crippen LogP contribution in [-0.4, -0.2) is 48.6 Å². The highest BCUT2D eigenvalue weighted by atomic mass is 16.6. The Morgan fingerprint density at radius 2 is 1.77 bits per heavy atom. The first-order valence-corrected chi connectivity index (χ1v) is 8.53. The second kappa shape index (κ2) is 9.48. The molecule has 0 aromatic rings. The van der Waals surface area contributed by atoms with Gasteiger partial charge < -0.3 is 19.9 Å². The van der Waals surface area contributed by atoms with Crippen molar-refractivity contribution in [2.75, 3.05) is 26.3 Å². The van der Waals surface area contributed by atoms with E-state index < -0.39 is 5.60 Å². The molecule has 1 aliphatic heterocycles. The van der Waals surface area contributed by atoms with Crippen LogP contribution in [0.5, 0.6) is 0 Å². The summed E-state index contributed by atoms with van der Waals surface area (Å²) < 4.78 is 10.9. The molecule has 1 fully saturated rings. The molecule has 0 unspecified atom stereocenters. The lowest BCUT2D eigenvalue weighted by atomic mass is 9.94. The maximum Gasteiger partial charge on any atom is 0.306 e. The Labute approximate surface area is 134 Å². The van der Waals surface area contributed by atoms with Gasteiger partial charge in [-0.05, 0) is 59.5 Å². The van der Waals surface area contributed by atoms with Crippen molar-refractivity contribution in [1.29, 1.82) is 0 Å². The zero-order valence-electron chi connectivity index (χ0n) is 14.5. The Bertz CT molecular complexity index is 319. The van der Waals surface area contributed by atoms with Crippen molar-refractivity contribution in [2.24, 2.45) is 0 Å². The van der Waals surface area contributed by atoms with E-state index in [2.05, 4.69) is 5.32 Å². The zero-order chi connectivity index (χ0) is 16.5. The smallest absolute Gasteiger partial charge is 0.306 e. The van der Waals surface area contributed by atoms with Crippen molar-refractivity contribution >= 4 is 5.97 Å². The Kier molecular flexibility index (Phi) is 8.36. The second-order valence-corrected chi connectivity index (χ2v) is 7.28. The number of rotatable bonds is 9. The molecule has 0 aromatic carbocycles. The molecule has 5 nitrogen and oxygen atoms in total. The highest BCUT2D eigenvalue weighted by Gasteiger charge is 2.29. The van der Waals surface area contributed by atoms with Crippen molar-refractivity contribution in [3.8, 4) is 0 Å². The van der Waals surface area contributed by atoms with Crippen LogP contribution in [-0.2, 0) is 14.3 Å². The van der Waals surface area contributed by atoms with Crippen molar-refractivity contribution in [1.82, 2.24) is 5.32 Å². The molecule has 22 heavy (non-hydrogen) atoms. The van der Waals surface area contributed by atoms with Gasteiger partial charge in [0.15, 0.2) is 0 Å². The fraction of sp³-hybridized carbons (Fsp3) is 0.941. The van der Waals surface area contributed by atoms with Gasteiger partial charge in [-0.15, -0.1) is 0 Å². The third-order valence-corrected chi connectivity index (χ3v) is 3.74. The largest absolute Gasteiger partial charge is 0.460 e. The van der Waals surface area contributed by atoms with Gasteiger partial charge in [0.2, 0.25) is 0 Å². The van der Waals surface area contributed by atoms with Crippen LogP contribution in [0.2, 0.25) is 0 Å². The minimum absolute atomic E-state index is 0.114. The summed E-state index contributed by atoms with van der Waals surface area (Å²) in [7, 11) is 0. The summed E-state index contributed by atoms with van der Waals surface area (Å²) in [6, 6.07) is 0. The van der Waals surface area contributed by atoms with Crippen LogP contribution >= 0.6 is 0 Å². The highest BCUT2D eigenvalue weighted by molar-refractivity contribution is 5.69. The molecule has 0 atom stereocenters. The molecule has 0 aromatic heterocycles. The van der Waals surface area contributed by atoms with Crippen molar-refractivity contribution in [3.05, 3.63) is 0 Å². The first kappa shape index (κ1) is 19.4. The standard InChI is InChI=1S/C17H33NO4/c1-16(2,3)22-15(19)8-6-4-5-7-13-21-14-17(20)9-11-18-12-10-17/h18,20H,4-14H2,1-3H3. The number of unbranched alkanes of at least 4 members (excludes halogenated alkanes) is 3. The maximum absolute atomic E-state index is 11.5. The van der Waals surface area contributed by atoms with E-state index >= 15 is 0 Å². The van der Waals surface area contributed by atoms with Crippen LogP contribution in [0.15, 0.2) is 0 Å². The van der Waals surface area contributed by atoms with Gasteiger partial charge in [0, 0.05) is 13.0 Å². The van der Waals surface area contributed by atoms with Gasteiger partial charge in [0.25, 0.3) is 0 Å². The predicted molar refractivity (Wildman–Crippen MR) is 86.8 cm³/mol. The molecule has 130 valence electrons. The van der Waals surface area contributed by atoms with Gasteiger partial charge in [0.05, 0.1) is 12.2 Å². The number of nitrogens with one attached hydrogen (secondary N) is 1. The van der Waals surface area contributed by atoms with Crippen molar-refractivity contribution in [3.63, 3.8) is 0 Å². The molecular formula is C17H33NO4. The van der Waals surface area contributed by atoms with E-state index in [-0.39, 0.29) is 11.6 Å². The van der Waals surface area contributed by atoms with Gasteiger partial charge in [-0.2, -0.15) is 0 Å². The molecule has 5 heteroatoms. The highest BCUT2D eigenvalue weighted by Crippen LogP contribution is 2.18. The molecule has 0 saturated carbocycles. The van der Waals surface area contributed by atoms with E-state index in [1.807, 2.05) is 20.8 Å². The summed E-state index contributed by atoms with van der Waals surface area (Å²) >= 11 is 0. The number of hydrogen-bond donors (Lipinski definition) is 2. The predicted octanol–water partition coefficient (Wildman–Crippen LogP) is 2.41. The van der Waals surface area contributed by atoms with E-state index in [0.717, 1.165) is 51.6 Å². The average molecular weight is 315 g/mol. The van der Waals surface area contributed by atoms with E-state index in [1.54, 1.807) is 0 Å². The van der Waals surface area contributed by atoms with E-state index in [1.165, 1.54) is 0 Å². The number of piperidine rings is 1. The Morgan fingerprint density at radius 1 is 1.14 bits per heavy atom. The summed E-state index contributed by atoms with van der Waals surface area (Å²) in [6.45, 7) is 8.51. The number of carbonyl (C=O) groups excluding carboxylic acids is 1. The summed E-state index contributed by atoms with van der Waals surface area (Å²) in [5.74, 6) is -0.114. The number of esters is 1. The lowest BCUT2D eigenvalue weighted by Crippen LogP contribution is -2.45. The van der Waals surface area contributed by atoms with Crippen LogP contribution < -0.4 is 5.32 Å². The molecule has 1 saturated heterocycles. The quantitative estimate of drug-likeness (QED) is 0.505. The van der Waals surface area contributed by atoms with Crippen LogP contribution in [0.4, 0.5) is 0 Å². The molecule has 1 heterocycles. The summed E-state index contributed by atoms with van der Waals surface area (Å²) in [5, 5.41) is 13.5. The van der Waals surface area contributed by atoms with Gasteiger partial charge in [-0.1, -0.05) is 12.8 Å². The summed E-state index contributed by atoms with van der Waals surface area (Å²) in [6.07, 6.45) is 5.92. The lowest BCUT2D eigenvalue weighted by Gasteiger charge is -2.32.